The number of carbonyl (C=O) groups is 2. The molecule has 0 saturated heterocycles. The topological polar surface area (TPSA) is 75.4 Å². The van der Waals surface area contributed by atoms with E-state index in [0.29, 0.717) is 25.2 Å². The van der Waals surface area contributed by atoms with Gasteiger partial charge < -0.3 is 16.0 Å². The van der Waals surface area contributed by atoms with Crippen LogP contribution in [0.4, 0.5) is 0 Å². The number of rotatable bonds is 6. The average molecular weight is 263 g/mol. The maximum absolute atomic E-state index is 12.1. The lowest BCUT2D eigenvalue weighted by molar-refractivity contribution is -0.119. The van der Waals surface area contributed by atoms with E-state index < -0.39 is 0 Å². The third kappa shape index (κ3) is 4.37. The number of hydrogen-bond acceptors (Lipinski definition) is 3. The molecule has 1 aromatic rings. The fourth-order valence-corrected chi connectivity index (χ4v) is 1.73. The second-order valence-electron chi connectivity index (χ2n) is 4.16. The number of amides is 2. The molecule has 0 aliphatic heterocycles. The third-order valence-corrected chi connectivity index (χ3v) is 2.93. The summed E-state index contributed by atoms with van der Waals surface area (Å²) in [4.78, 5) is 24.9. The molecule has 0 saturated carbocycles. The Balaban J connectivity index is 2.65. The Morgan fingerprint density at radius 1 is 1.16 bits per heavy atom. The molecule has 1 aromatic carbocycles. The zero-order chi connectivity index (χ0) is 14.3. The van der Waals surface area contributed by atoms with Gasteiger partial charge in [0.2, 0.25) is 5.91 Å². The van der Waals surface area contributed by atoms with E-state index in [1.165, 1.54) is 0 Å². The average Bonchev–Trinajstić information content (AvgIpc) is 2.46. The predicted molar refractivity (Wildman–Crippen MR) is 74.6 cm³/mol. The Labute approximate surface area is 113 Å². The number of nitrogens with two attached hydrogens (primary N) is 1. The van der Waals surface area contributed by atoms with Crippen molar-refractivity contribution in [3.8, 4) is 0 Å². The molecule has 0 aromatic heterocycles. The molecule has 0 heterocycles. The zero-order valence-electron chi connectivity index (χ0n) is 11.5. The number of nitrogens with one attached hydrogen (secondary N) is 1. The summed E-state index contributed by atoms with van der Waals surface area (Å²) in [6, 6.07) is 7.25. The molecule has 0 aliphatic rings. The Morgan fingerprint density at radius 3 is 2.21 bits per heavy atom. The van der Waals surface area contributed by atoms with Crippen molar-refractivity contribution < 1.29 is 9.59 Å². The van der Waals surface area contributed by atoms with Crippen molar-refractivity contribution in [3.63, 3.8) is 0 Å². The molecule has 0 spiro atoms. The van der Waals surface area contributed by atoms with E-state index in [-0.39, 0.29) is 18.4 Å². The number of carbonyl (C=O) groups excluding carboxylic acids is 2. The van der Waals surface area contributed by atoms with Gasteiger partial charge in [-0.1, -0.05) is 12.1 Å². The molecule has 0 atom stereocenters. The number of nitrogens with zero attached hydrogens (tertiary/aromatic N) is 1. The van der Waals surface area contributed by atoms with Crippen LogP contribution in [0.25, 0.3) is 0 Å². The summed E-state index contributed by atoms with van der Waals surface area (Å²) in [5.74, 6) is -0.161. The first-order valence-corrected chi connectivity index (χ1v) is 6.47. The summed E-state index contributed by atoms with van der Waals surface area (Å²) in [6.07, 6.45) is 0. The fraction of sp³-hybridized carbons (Fsp3) is 0.429. The van der Waals surface area contributed by atoms with Gasteiger partial charge in [0.05, 0.1) is 6.54 Å². The Kier molecular flexibility index (Phi) is 6.02. The van der Waals surface area contributed by atoms with E-state index in [1.807, 2.05) is 26.0 Å². The fourth-order valence-electron chi connectivity index (χ4n) is 1.73. The normalized spacial score (nSPS) is 10.1. The maximum atomic E-state index is 12.1. The van der Waals surface area contributed by atoms with Gasteiger partial charge in [0.1, 0.15) is 0 Å². The van der Waals surface area contributed by atoms with Crippen molar-refractivity contribution in [3.05, 3.63) is 35.4 Å². The number of benzene rings is 1. The summed E-state index contributed by atoms with van der Waals surface area (Å²) >= 11 is 0. The van der Waals surface area contributed by atoms with Gasteiger partial charge in [-0.05, 0) is 31.5 Å². The van der Waals surface area contributed by atoms with Crippen LogP contribution in [0.1, 0.15) is 29.8 Å². The van der Waals surface area contributed by atoms with Gasteiger partial charge in [-0.3, -0.25) is 9.59 Å². The Bertz CT molecular complexity index is 425. The maximum Gasteiger partial charge on any atom is 0.253 e. The minimum absolute atomic E-state index is 0.0153. The second kappa shape index (κ2) is 7.53. The standard InChI is InChI=1S/C14H21N3O2/c1-3-17(4-2)14(19)12-7-5-11(6-8-12)10-16-13(18)9-15/h5-8H,3-4,9-10,15H2,1-2H3,(H,16,18). The summed E-state index contributed by atoms with van der Waals surface area (Å²) in [5.41, 5.74) is 6.81. The minimum atomic E-state index is -0.191. The third-order valence-electron chi connectivity index (χ3n) is 2.93. The largest absolute Gasteiger partial charge is 0.351 e. The van der Waals surface area contributed by atoms with E-state index in [2.05, 4.69) is 5.32 Å². The van der Waals surface area contributed by atoms with Gasteiger partial charge in [0, 0.05) is 25.2 Å². The van der Waals surface area contributed by atoms with E-state index in [1.54, 1.807) is 17.0 Å². The SMILES string of the molecule is CCN(CC)C(=O)c1ccc(CNC(=O)CN)cc1. The van der Waals surface area contributed by atoms with Crippen molar-refractivity contribution in [2.45, 2.75) is 20.4 Å². The van der Waals surface area contributed by atoms with Crippen LogP contribution in [0.5, 0.6) is 0 Å². The van der Waals surface area contributed by atoms with Gasteiger partial charge in [-0.2, -0.15) is 0 Å². The highest BCUT2D eigenvalue weighted by Crippen LogP contribution is 2.07. The molecule has 5 nitrogen and oxygen atoms in total. The van der Waals surface area contributed by atoms with E-state index in [4.69, 9.17) is 5.73 Å². The monoisotopic (exact) mass is 263 g/mol. The lowest BCUT2D eigenvalue weighted by atomic mass is 10.1. The lowest BCUT2D eigenvalue weighted by Gasteiger charge is -2.18. The summed E-state index contributed by atoms with van der Waals surface area (Å²) < 4.78 is 0. The van der Waals surface area contributed by atoms with E-state index in [0.717, 1.165) is 5.56 Å². The Morgan fingerprint density at radius 2 is 1.74 bits per heavy atom. The molecule has 104 valence electrons. The second-order valence-corrected chi connectivity index (χ2v) is 4.16. The first-order chi connectivity index (χ1) is 9.12. The lowest BCUT2D eigenvalue weighted by Crippen LogP contribution is -2.30. The van der Waals surface area contributed by atoms with Crippen LogP contribution < -0.4 is 11.1 Å². The van der Waals surface area contributed by atoms with Gasteiger partial charge in [-0.15, -0.1) is 0 Å². The van der Waals surface area contributed by atoms with Crippen molar-refractivity contribution in [1.82, 2.24) is 10.2 Å². The molecule has 19 heavy (non-hydrogen) atoms. The van der Waals surface area contributed by atoms with E-state index in [9.17, 15) is 9.59 Å². The van der Waals surface area contributed by atoms with Crippen molar-refractivity contribution >= 4 is 11.8 Å². The van der Waals surface area contributed by atoms with Crippen LogP contribution in [-0.2, 0) is 11.3 Å². The zero-order valence-corrected chi connectivity index (χ0v) is 11.5. The molecular weight excluding hydrogens is 242 g/mol. The van der Waals surface area contributed by atoms with Crippen LogP contribution in [0.3, 0.4) is 0 Å². The predicted octanol–water partition coefficient (Wildman–Crippen LogP) is 0.744. The molecular formula is C14H21N3O2. The highest BCUT2D eigenvalue weighted by molar-refractivity contribution is 5.94. The summed E-state index contributed by atoms with van der Waals surface area (Å²) in [5, 5.41) is 2.68. The first kappa shape index (κ1) is 15.2. The minimum Gasteiger partial charge on any atom is -0.351 e. The highest BCUT2D eigenvalue weighted by atomic mass is 16.2. The smallest absolute Gasteiger partial charge is 0.253 e. The molecule has 0 fully saturated rings. The van der Waals surface area contributed by atoms with Crippen LogP contribution in [0, 0.1) is 0 Å². The van der Waals surface area contributed by atoms with Gasteiger partial charge in [0.25, 0.3) is 5.91 Å². The van der Waals surface area contributed by atoms with Crippen LogP contribution in [0.2, 0.25) is 0 Å². The summed E-state index contributed by atoms with van der Waals surface area (Å²) in [6.45, 7) is 5.72. The van der Waals surface area contributed by atoms with E-state index >= 15 is 0 Å². The van der Waals surface area contributed by atoms with Crippen molar-refractivity contribution in [1.29, 1.82) is 0 Å². The van der Waals surface area contributed by atoms with Gasteiger partial charge in [-0.25, -0.2) is 0 Å². The number of hydrogen-bond donors (Lipinski definition) is 2. The molecule has 2 amide bonds. The molecule has 0 unspecified atom stereocenters. The van der Waals surface area contributed by atoms with Crippen LogP contribution in [0.15, 0.2) is 24.3 Å². The summed E-state index contributed by atoms with van der Waals surface area (Å²) in [7, 11) is 0. The first-order valence-electron chi connectivity index (χ1n) is 6.47. The molecule has 0 aliphatic carbocycles. The Hall–Kier alpha value is -1.88. The van der Waals surface area contributed by atoms with Crippen molar-refractivity contribution in [2.75, 3.05) is 19.6 Å². The highest BCUT2D eigenvalue weighted by Gasteiger charge is 2.11. The molecule has 0 bridgehead atoms. The van der Waals surface area contributed by atoms with Crippen LogP contribution >= 0.6 is 0 Å². The van der Waals surface area contributed by atoms with Gasteiger partial charge in [0.15, 0.2) is 0 Å². The van der Waals surface area contributed by atoms with Crippen LogP contribution in [-0.4, -0.2) is 36.3 Å². The molecule has 0 radical (unpaired) electrons. The van der Waals surface area contributed by atoms with Gasteiger partial charge >= 0.3 is 0 Å². The molecule has 1 rings (SSSR count). The molecule has 3 N–H and O–H groups in total. The van der Waals surface area contributed by atoms with Crippen molar-refractivity contribution in [2.24, 2.45) is 5.73 Å². The molecule has 5 heteroatoms. The quantitative estimate of drug-likeness (QED) is 0.795.